The normalized spacial score (nSPS) is 28.0. The molecule has 0 aromatic heterocycles. The lowest BCUT2D eigenvalue weighted by atomic mass is 9.85. The van der Waals surface area contributed by atoms with Crippen molar-refractivity contribution in [3.05, 3.63) is 0 Å². The molecule has 0 heterocycles. The summed E-state index contributed by atoms with van der Waals surface area (Å²) in [5, 5.41) is 9.77. The zero-order valence-electron chi connectivity index (χ0n) is 12.2. The van der Waals surface area contributed by atoms with Gasteiger partial charge >= 0.3 is 0 Å². The predicted octanol–water partition coefficient (Wildman–Crippen LogP) is 2.85. The molecule has 3 nitrogen and oxygen atoms in total. The van der Waals surface area contributed by atoms with E-state index in [2.05, 4.69) is 6.92 Å². The molecule has 0 aromatic carbocycles. The molecule has 1 fully saturated rings. The summed E-state index contributed by atoms with van der Waals surface area (Å²) in [7, 11) is 0. The summed E-state index contributed by atoms with van der Waals surface area (Å²) in [6, 6.07) is 0. The zero-order chi connectivity index (χ0) is 13.4. The molecule has 1 rings (SSSR count). The topological polar surface area (TPSA) is 55.5 Å². The van der Waals surface area contributed by atoms with Gasteiger partial charge in [-0.3, -0.25) is 0 Å². The van der Waals surface area contributed by atoms with E-state index in [1.807, 2.05) is 0 Å². The summed E-state index contributed by atoms with van der Waals surface area (Å²) in [4.78, 5) is 0. The van der Waals surface area contributed by atoms with Crippen molar-refractivity contribution in [3.8, 4) is 0 Å². The van der Waals surface area contributed by atoms with Crippen LogP contribution in [0.1, 0.15) is 65.2 Å². The molecular weight excluding hydrogens is 226 g/mol. The third-order valence-electron chi connectivity index (χ3n) is 4.22. The van der Waals surface area contributed by atoms with E-state index in [1.54, 1.807) is 6.92 Å². The van der Waals surface area contributed by atoms with Crippen LogP contribution in [0, 0.1) is 5.92 Å². The predicted molar refractivity (Wildman–Crippen MR) is 75.5 cm³/mol. The van der Waals surface area contributed by atoms with Crippen LogP contribution in [0.2, 0.25) is 0 Å². The molecule has 0 spiro atoms. The number of unbranched alkanes of at least 4 members (excludes halogenated alkanes) is 1. The third-order valence-corrected chi connectivity index (χ3v) is 4.22. The summed E-state index contributed by atoms with van der Waals surface area (Å²) in [6.45, 7) is 5.26. The monoisotopic (exact) mass is 257 g/mol. The quantitative estimate of drug-likeness (QED) is 0.657. The molecule has 1 aliphatic carbocycles. The smallest absolute Gasteiger partial charge is 0.0741 e. The number of hydrogen-bond acceptors (Lipinski definition) is 3. The molecule has 0 aliphatic heterocycles. The maximum absolute atomic E-state index is 9.77. The van der Waals surface area contributed by atoms with Gasteiger partial charge in [0.2, 0.25) is 0 Å². The molecule has 0 saturated heterocycles. The van der Waals surface area contributed by atoms with Gasteiger partial charge in [0.15, 0.2) is 0 Å². The summed E-state index contributed by atoms with van der Waals surface area (Å²) in [5.74, 6) is 0.877. The van der Waals surface area contributed by atoms with Gasteiger partial charge in [0.1, 0.15) is 0 Å². The van der Waals surface area contributed by atoms with Crippen molar-refractivity contribution in [2.24, 2.45) is 11.7 Å². The van der Waals surface area contributed by atoms with E-state index in [-0.39, 0.29) is 0 Å². The lowest BCUT2D eigenvalue weighted by molar-refractivity contribution is 0.00649. The van der Waals surface area contributed by atoms with Crippen molar-refractivity contribution in [3.63, 3.8) is 0 Å². The van der Waals surface area contributed by atoms with Gasteiger partial charge in [0.05, 0.1) is 11.7 Å². The number of rotatable bonds is 8. The molecule has 18 heavy (non-hydrogen) atoms. The minimum absolute atomic E-state index is 0.342. The van der Waals surface area contributed by atoms with E-state index in [0.29, 0.717) is 12.6 Å². The Labute approximate surface area is 112 Å². The second kappa shape index (κ2) is 8.13. The highest BCUT2D eigenvalue weighted by Crippen LogP contribution is 2.28. The van der Waals surface area contributed by atoms with E-state index < -0.39 is 5.60 Å². The molecule has 0 aromatic rings. The summed E-state index contributed by atoms with van der Waals surface area (Å²) < 4.78 is 5.95. The van der Waals surface area contributed by atoms with Crippen molar-refractivity contribution in [1.29, 1.82) is 0 Å². The molecule has 3 atom stereocenters. The third kappa shape index (κ3) is 6.17. The van der Waals surface area contributed by atoms with Crippen LogP contribution in [0.15, 0.2) is 0 Å². The van der Waals surface area contributed by atoms with Gasteiger partial charge in [0.25, 0.3) is 0 Å². The highest BCUT2D eigenvalue weighted by Gasteiger charge is 2.21. The molecule has 0 bridgehead atoms. The van der Waals surface area contributed by atoms with Gasteiger partial charge in [-0.15, -0.1) is 0 Å². The fourth-order valence-electron chi connectivity index (χ4n) is 2.72. The lowest BCUT2D eigenvalue weighted by Crippen LogP contribution is -2.34. The Hall–Kier alpha value is -0.120. The van der Waals surface area contributed by atoms with E-state index >= 15 is 0 Å². The SMILES string of the molecule is CCC1CCCC(OCCCCC(C)(O)CN)C1. The van der Waals surface area contributed by atoms with E-state index in [1.165, 1.54) is 32.1 Å². The maximum Gasteiger partial charge on any atom is 0.0741 e. The number of aliphatic hydroxyl groups is 1. The van der Waals surface area contributed by atoms with Crippen LogP contribution in [-0.2, 0) is 4.74 Å². The summed E-state index contributed by atoms with van der Waals surface area (Å²) >= 11 is 0. The molecule has 3 unspecified atom stereocenters. The highest BCUT2D eigenvalue weighted by molar-refractivity contribution is 4.74. The Bertz CT molecular complexity index is 219. The number of nitrogens with two attached hydrogens (primary N) is 1. The van der Waals surface area contributed by atoms with E-state index in [0.717, 1.165) is 31.8 Å². The van der Waals surface area contributed by atoms with E-state index in [9.17, 15) is 5.11 Å². The van der Waals surface area contributed by atoms with Crippen LogP contribution >= 0.6 is 0 Å². The van der Waals surface area contributed by atoms with Gasteiger partial charge in [-0.2, -0.15) is 0 Å². The van der Waals surface area contributed by atoms with Crippen LogP contribution < -0.4 is 5.73 Å². The average molecular weight is 257 g/mol. The summed E-state index contributed by atoms with van der Waals surface area (Å²) in [5.41, 5.74) is 4.79. The first-order valence-corrected chi connectivity index (χ1v) is 7.61. The maximum atomic E-state index is 9.77. The fraction of sp³-hybridized carbons (Fsp3) is 1.00. The van der Waals surface area contributed by atoms with Crippen molar-refractivity contribution in [2.75, 3.05) is 13.2 Å². The van der Waals surface area contributed by atoms with Crippen LogP contribution in [0.5, 0.6) is 0 Å². The Kier molecular flexibility index (Phi) is 7.20. The Morgan fingerprint density at radius 2 is 2.11 bits per heavy atom. The van der Waals surface area contributed by atoms with Crippen LogP contribution in [0.25, 0.3) is 0 Å². The number of hydrogen-bond donors (Lipinski definition) is 2. The van der Waals surface area contributed by atoms with E-state index in [4.69, 9.17) is 10.5 Å². The fourth-order valence-corrected chi connectivity index (χ4v) is 2.72. The molecule has 1 saturated carbocycles. The Morgan fingerprint density at radius 3 is 2.78 bits per heavy atom. The van der Waals surface area contributed by atoms with Gasteiger partial charge < -0.3 is 15.6 Å². The van der Waals surface area contributed by atoms with Crippen LogP contribution in [0.3, 0.4) is 0 Å². The van der Waals surface area contributed by atoms with Crippen molar-refractivity contribution in [1.82, 2.24) is 0 Å². The molecule has 1 aliphatic rings. The Morgan fingerprint density at radius 1 is 1.33 bits per heavy atom. The molecule has 0 amide bonds. The molecular formula is C15H31NO2. The minimum Gasteiger partial charge on any atom is -0.389 e. The van der Waals surface area contributed by atoms with Gasteiger partial charge in [-0.05, 0) is 44.9 Å². The molecule has 108 valence electrons. The minimum atomic E-state index is -0.696. The van der Waals surface area contributed by atoms with Gasteiger partial charge in [-0.1, -0.05) is 26.2 Å². The molecule has 3 N–H and O–H groups in total. The van der Waals surface area contributed by atoms with Crippen molar-refractivity contribution in [2.45, 2.75) is 76.9 Å². The van der Waals surface area contributed by atoms with Crippen molar-refractivity contribution < 1.29 is 9.84 Å². The largest absolute Gasteiger partial charge is 0.389 e. The van der Waals surface area contributed by atoms with Crippen molar-refractivity contribution >= 4 is 0 Å². The van der Waals surface area contributed by atoms with Crippen LogP contribution in [-0.4, -0.2) is 30.0 Å². The zero-order valence-corrected chi connectivity index (χ0v) is 12.2. The van der Waals surface area contributed by atoms with Gasteiger partial charge in [0, 0.05) is 13.2 Å². The first-order valence-electron chi connectivity index (χ1n) is 7.61. The standard InChI is InChI=1S/C15H31NO2/c1-3-13-7-6-8-14(11-13)18-10-5-4-9-15(2,17)12-16/h13-14,17H,3-12,16H2,1-2H3. The number of ether oxygens (including phenoxy) is 1. The average Bonchev–Trinajstić information content (AvgIpc) is 2.38. The lowest BCUT2D eigenvalue weighted by Gasteiger charge is -2.28. The van der Waals surface area contributed by atoms with Gasteiger partial charge in [-0.25, -0.2) is 0 Å². The molecule has 3 heteroatoms. The second-order valence-electron chi connectivity index (χ2n) is 6.09. The van der Waals surface area contributed by atoms with Crippen LogP contribution in [0.4, 0.5) is 0 Å². The Balaban J connectivity index is 2.04. The highest BCUT2D eigenvalue weighted by atomic mass is 16.5. The first kappa shape index (κ1) is 15.9. The molecule has 0 radical (unpaired) electrons. The first-order chi connectivity index (χ1) is 8.57. The second-order valence-corrected chi connectivity index (χ2v) is 6.09. The summed E-state index contributed by atoms with van der Waals surface area (Å²) in [6.07, 6.45) is 9.76.